The van der Waals surface area contributed by atoms with Gasteiger partial charge >= 0.3 is 23.9 Å². The van der Waals surface area contributed by atoms with Gasteiger partial charge in [0.05, 0.1) is 98.5 Å². The number of imidazole rings is 1. The van der Waals surface area contributed by atoms with Crippen LogP contribution in [-0.2, 0) is 85.7 Å². The summed E-state index contributed by atoms with van der Waals surface area (Å²) in [4.78, 5) is 135. The lowest BCUT2D eigenvalue weighted by Gasteiger charge is -2.62. The number of aliphatic hydroxyl groups is 2. The highest BCUT2D eigenvalue weighted by atomic mass is 32.3. The Morgan fingerprint density at radius 2 is 1.24 bits per heavy atom. The maximum atomic E-state index is 13.5. The number of benzene rings is 2. The number of nitrogens with zero attached hydrogens (tertiary/aromatic N) is 6. The molecular formula is C72H114N14O30S3. The molecule has 3 aliphatic rings. The molecule has 7 rings (SSSR count). The minimum atomic E-state index is -4.70. The third-order valence-corrected chi connectivity index (χ3v) is 23.7. The third-order valence-electron chi connectivity index (χ3n) is 19.2. The van der Waals surface area contributed by atoms with Gasteiger partial charge in [0.15, 0.2) is 17.2 Å². The van der Waals surface area contributed by atoms with Crippen LogP contribution in [0.25, 0.3) is 10.9 Å². The van der Waals surface area contributed by atoms with Crippen molar-refractivity contribution in [2.75, 3.05) is 163 Å². The average Bonchev–Trinajstić information content (AvgIpc) is 0.773. The number of rotatable bonds is 47. The molecule has 2 aliphatic heterocycles. The van der Waals surface area contributed by atoms with Gasteiger partial charge in [-0.3, -0.25) is 67.5 Å². The number of pyridine rings is 1. The van der Waals surface area contributed by atoms with Crippen molar-refractivity contribution >= 4 is 102 Å². The SMILES string of the molecule is CCCOCCOCCOCCCNC(=O)CCCOc1cc(C)c(S(=O)(=O)NC(CNC(=O)c2cn(C)c3cc(CNc4ncc[nH]4)ccc3c2=O)C(=O)O)c(C)c1.CCNC(=O)[C@@H](CCC(=O)NCCOC1OC2CC(O)(S(O)(O)O)C2C(S(O)(O)O)C1O)NC(=O)CN1CCN(CC(=O)O)CCN(CC(=O)O)CCN(CC(=O)O)CC1. The minimum absolute atomic E-state index is 0.127. The van der Waals surface area contributed by atoms with Gasteiger partial charge in [0.1, 0.15) is 40.4 Å². The summed E-state index contributed by atoms with van der Waals surface area (Å²) in [6.07, 6.45) is 1.01. The van der Waals surface area contributed by atoms with Crippen LogP contribution in [0.3, 0.4) is 0 Å². The van der Waals surface area contributed by atoms with E-state index in [-0.39, 0.29) is 146 Å². The van der Waals surface area contributed by atoms with E-state index in [2.05, 4.69) is 46.6 Å². The van der Waals surface area contributed by atoms with Gasteiger partial charge in [0, 0.05) is 155 Å². The first-order chi connectivity index (χ1) is 56.2. The van der Waals surface area contributed by atoms with Crippen LogP contribution in [0, 0.1) is 19.8 Å². The highest BCUT2D eigenvalue weighted by Gasteiger charge is 2.72. The van der Waals surface area contributed by atoms with Crippen LogP contribution in [0.2, 0.25) is 0 Å². The normalized spacial score (nSPS) is 20.0. The standard InChI is InChI=1S/C40H55N7O11S.C32H59N7O19S2/c1-5-14-55-17-19-57-20-18-56-15-7-11-41-35(48)8-6-16-58-30-21-27(2)37(28(3)22-30)59(53,54)46-33(39(51)52)25-44-38(50)32-26-47(4)34-23-29(9-10-31(34)36(32)49)24-45-40-42-12-13-43-40;1-2-33-30(49)20(3-4-22(40)34-5-14-57-31-28(48)29(59(51,52)53)27-21(58-31)15-32(27,50)60(54,55)56)35-23(41)16-36-6-8-37(17-24(42)43)10-12-39(19-26(46)47)13-11-38(9-7-36)18-25(44)45/h9-10,12-13,21-23,26,33,46H,5-8,11,14-20,24-25H2,1-4H3,(H,41,48)(H,44,50)(H,51,52)(H2,42,43,45);20-21,27-29,31,48,50-56H,2-19H2,1H3,(H,33,49)(H,34,40)(H,35,41)(H,42,43)(H,44,45)(H,46,47)/t;20-,21?,27?,28?,29?,31?,32?/m.1/s1. The Bertz CT molecular complexity index is 4120. The topological polar surface area (TPSA) is 634 Å². The minimum Gasteiger partial charge on any atom is -0.494 e. The van der Waals surface area contributed by atoms with Crippen LogP contribution in [-0.4, -0.2) is 352 Å². The summed E-state index contributed by atoms with van der Waals surface area (Å²) in [5.41, 5.74) is 1.23. The molecule has 119 heavy (non-hydrogen) atoms. The Hall–Kier alpha value is -8.38. The van der Waals surface area contributed by atoms with Crippen molar-refractivity contribution in [2.24, 2.45) is 13.0 Å². The number of ether oxygens (including phenoxy) is 6. The molecule has 0 spiro atoms. The van der Waals surface area contributed by atoms with Gasteiger partial charge in [-0.25, -0.2) is 13.4 Å². The number of amides is 5. The van der Waals surface area contributed by atoms with Crippen LogP contribution in [0.1, 0.15) is 85.8 Å². The molecule has 1 aliphatic carbocycles. The zero-order valence-electron chi connectivity index (χ0n) is 66.9. The molecule has 1 saturated carbocycles. The molecule has 8 atom stereocenters. The van der Waals surface area contributed by atoms with Gasteiger partial charge in [0.25, 0.3) is 5.91 Å². The summed E-state index contributed by atoms with van der Waals surface area (Å²) in [6, 6.07) is 5.25. The Morgan fingerprint density at radius 3 is 1.78 bits per heavy atom. The van der Waals surface area contributed by atoms with Crippen LogP contribution >= 0.6 is 21.7 Å². The summed E-state index contributed by atoms with van der Waals surface area (Å²) in [6.45, 7) is 10.2. The number of hydrogen-bond donors (Lipinski definition) is 20. The van der Waals surface area contributed by atoms with Crippen molar-refractivity contribution < 1.29 is 138 Å². The maximum absolute atomic E-state index is 13.5. The quantitative estimate of drug-likeness (QED) is 0.0245. The maximum Gasteiger partial charge on any atom is 0.323 e. The number of H-pyrrole nitrogens is 1. The van der Waals surface area contributed by atoms with Crippen molar-refractivity contribution in [3.8, 4) is 5.75 Å². The fourth-order valence-corrected chi connectivity index (χ4v) is 17.4. The number of aryl methyl sites for hydroxylation is 3. The molecule has 670 valence electrons. The molecule has 44 nitrogen and oxygen atoms in total. The van der Waals surface area contributed by atoms with Crippen LogP contribution in [0.5, 0.6) is 5.75 Å². The highest BCUT2D eigenvalue weighted by molar-refractivity contribution is 8.21. The van der Waals surface area contributed by atoms with Crippen molar-refractivity contribution in [3.05, 3.63) is 81.4 Å². The molecule has 2 aromatic carbocycles. The van der Waals surface area contributed by atoms with E-state index in [9.17, 15) is 114 Å². The Morgan fingerprint density at radius 1 is 0.681 bits per heavy atom. The number of nitrogens with one attached hydrogen (secondary N) is 8. The molecule has 2 saturated heterocycles. The zero-order chi connectivity index (χ0) is 87.8. The highest BCUT2D eigenvalue weighted by Crippen LogP contribution is 2.68. The molecule has 5 amide bonds. The molecule has 47 heteroatoms. The van der Waals surface area contributed by atoms with Gasteiger partial charge in [-0.05, 0) is 87.4 Å². The molecule has 2 aromatic heterocycles. The first-order valence-corrected chi connectivity index (χ1v) is 43.0. The molecule has 0 radical (unpaired) electrons. The number of carbonyl (C=O) groups is 9. The van der Waals surface area contributed by atoms with E-state index in [0.717, 1.165) is 18.6 Å². The van der Waals surface area contributed by atoms with E-state index < -0.39 is 144 Å². The number of aromatic nitrogens is 3. The predicted octanol–water partition coefficient (Wildman–Crippen LogP) is -0.617. The summed E-state index contributed by atoms with van der Waals surface area (Å²) >= 11 is 0. The van der Waals surface area contributed by atoms with Gasteiger partial charge in [-0.15, -0.1) is 0 Å². The molecule has 3 fully saturated rings. The second-order valence-corrected chi connectivity index (χ2v) is 33.5. The summed E-state index contributed by atoms with van der Waals surface area (Å²) in [5, 5.41) is 73.8. The number of likely N-dealkylation sites (N-methyl/N-ethyl adjacent to an activating group) is 1. The number of fused-ring (bicyclic) bond motifs is 2. The van der Waals surface area contributed by atoms with Gasteiger partial charge in [-0.1, -0.05) is 13.0 Å². The first-order valence-electron chi connectivity index (χ1n) is 38.4. The van der Waals surface area contributed by atoms with E-state index >= 15 is 0 Å². The molecular weight excluding hydrogens is 1640 g/mol. The second-order valence-electron chi connectivity index (χ2n) is 28.4. The summed E-state index contributed by atoms with van der Waals surface area (Å²) < 4.78 is 123. The number of sulfonamides is 1. The van der Waals surface area contributed by atoms with Crippen molar-refractivity contribution in [2.45, 2.75) is 125 Å². The molecule has 0 bridgehead atoms. The number of aliphatic hydroxyl groups excluding tert-OH is 1. The molecule has 4 heterocycles. The number of carboxylic acids is 4. The zero-order valence-corrected chi connectivity index (χ0v) is 69.4. The number of hydrogen-bond acceptors (Lipinski definition) is 32. The van der Waals surface area contributed by atoms with Crippen LogP contribution < -0.4 is 46.8 Å². The predicted molar refractivity (Wildman–Crippen MR) is 430 cm³/mol. The Kier molecular flexibility index (Phi) is 40.4. The molecule has 20 N–H and O–H groups in total. The third kappa shape index (κ3) is 32.2. The van der Waals surface area contributed by atoms with Crippen LogP contribution in [0.4, 0.5) is 5.95 Å². The number of aromatic amines is 1. The smallest absolute Gasteiger partial charge is 0.323 e. The first kappa shape index (κ1) is 99.4. The second kappa shape index (κ2) is 48.3. The summed E-state index contributed by atoms with van der Waals surface area (Å²) in [7, 11) is -12.1. The van der Waals surface area contributed by atoms with E-state index in [0.29, 0.717) is 87.3 Å². The van der Waals surface area contributed by atoms with E-state index in [1.165, 1.54) is 18.3 Å². The van der Waals surface area contributed by atoms with Gasteiger partial charge in [-0.2, -0.15) is 4.72 Å². The molecule has 7 unspecified atom stereocenters. The fourth-order valence-electron chi connectivity index (χ4n) is 13.3. The van der Waals surface area contributed by atoms with Gasteiger partial charge in [0.2, 0.25) is 39.1 Å². The lowest BCUT2D eigenvalue weighted by molar-refractivity contribution is -0.302. The van der Waals surface area contributed by atoms with Crippen LogP contribution in [0.15, 0.2) is 58.6 Å². The molecule has 4 aromatic rings. The number of carbonyl (C=O) groups excluding carboxylic acids is 5. The number of anilines is 1. The fraction of sp³-hybridized carbons (Fsp3) is 0.625. The van der Waals surface area contributed by atoms with Crippen molar-refractivity contribution in [1.29, 1.82) is 0 Å². The lowest BCUT2D eigenvalue weighted by Crippen LogP contribution is -2.72. The van der Waals surface area contributed by atoms with E-state index in [1.54, 1.807) is 82.6 Å². The summed E-state index contributed by atoms with van der Waals surface area (Å²) in [5.74, 6) is -8.36. The van der Waals surface area contributed by atoms with E-state index in [1.807, 2.05) is 6.92 Å². The van der Waals surface area contributed by atoms with Crippen molar-refractivity contribution in [3.63, 3.8) is 0 Å². The monoisotopic (exact) mass is 1750 g/mol. The van der Waals surface area contributed by atoms with Gasteiger partial charge < -0.3 is 128 Å². The Labute approximate surface area is 690 Å². The number of aliphatic carboxylic acids is 4. The van der Waals surface area contributed by atoms with E-state index in [4.69, 9.17) is 28.4 Å². The number of carboxylic acid groups (broad SMARTS) is 4. The largest absolute Gasteiger partial charge is 0.494 e. The lowest BCUT2D eigenvalue weighted by atomic mass is 9.72. The Balaban J connectivity index is 0.000000369. The average molecular weight is 1750 g/mol. The van der Waals surface area contributed by atoms with Crippen molar-refractivity contribution in [1.82, 2.24) is 65.4 Å².